The Balaban J connectivity index is 3.49. The number of aliphatic imine (C=N–C) groups is 1. The van der Waals surface area contributed by atoms with E-state index < -0.39 is 0 Å². The lowest BCUT2D eigenvalue weighted by Gasteiger charge is -1.99. The van der Waals surface area contributed by atoms with Gasteiger partial charge in [-0.15, -0.1) is 0 Å². The van der Waals surface area contributed by atoms with Crippen molar-refractivity contribution in [1.29, 1.82) is 0 Å². The van der Waals surface area contributed by atoms with Gasteiger partial charge in [0.25, 0.3) is 0 Å². The molecule has 3 nitrogen and oxygen atoms in total. The van der Waals surface area contributed by atoms with Crippen molar-refractivity contribution in [3.05, 3.63) is 0 Å². The van der Waals surface area contributed by atoms with Crippen molar-refractivity contribution in [2.45, 2.75) is 11.4 Å². The summed E-state index contributed by atoms with van der Waals surface area (Å²) >= 11 is 6.52. The maximum Gasteiger partial charge on any atom is 0.187 e. The molecule has 0 bridgehead atoms. The van der Waals surface area contributed by atoms with E-state index in [9.17, 15) is 0 Å². The molecule has 0 amide bonds. The maximum absolute atomic E-state index is 5.11. The van der Waals surface area contributed by atoms with Crippen LogP contribution in [0, 0.1) is 0 Å². The van der Waals surface area contributed by atoms with Crippen LogP contribution in [0.5, 0.6) is 0 Å². The Morgan fingerprint density at radius 1 is 1.56 bits per heavy atom. The zero-order valence-corrected chi connectivity index (χ0v) is 8.02. The zero-order chi connectivity index (χ0) is 7.28. The summed E-state index contributed by atoms with van der Waals surface area (Å²) in [5, 5.41) is 0.889. The molecular weight excluding hydrogens is 250 g/mol. The lowest BCUT2D eigenvalue weighted by Crippen LogP contribution is -2.24. The van der Waals surface area contributed by atoms with E-state index in [1.165, 1.54) is 0 Å². The summed E-state index contributed by atoms with van der Waals surface area (Å²) in [5.74, 6) is 0.123. The Morgan fingerprint density at radius 2 is 2.11 bits per heavy atom. The standard InChI is InChI=1S/C4H9Br2N3/c5-2-1-3(6)9-4(7)8/h3H,1-2H2,(H4,7,8,9). The van der Waals surface area contributed by atoms with E-state index in [2.05, 4.69) is 36.9 Å². The topological polar surface area (TPSA) is 64.4 Å². The summed E-state index contributed by atoms with van der Waals surface area (Å²) in [6.45, 7) is 0. The van der Waals surface area contributed by atoms with Crippen LogP contribution >= 0.6 is 31.9 Å². The van der Waals surface area contributed by atoms with E-state index in [4.69, 9.17) is 11.5 Å². The van der Waals surface area contributed by atoms with E-state index in [1.807, 2.05) is 0 Å². The van der Waals surface area contributed by atoms with Crippen molar-refractivity contribution in [1.82, 2.24) is 0 Å². The average Bonchev–Trinajstić information content (AvgIpc) is 1.63. The molecular formula is C4H9Br2N3. The fourth-order valence-corrected chi connectivity index (χ4v) is 1.83. The highest BCUT2D eigenvalue weighted by molar-refractivity contribution is 9.10. The van der Waals surface area contributed by atoms with Crippen molar-refractivity contribution in [2.75, 3.05) is 5.33 Å². The predicted molar refractivity (Wildman–Crippen MR) is 46.9 cm³/mol. The van der Waals surface area contributed by atoms with Gasteiger partial charge in [0.1, 0.15) is 4.95 Å². The molecule has 0 fully saturated rings. The highest BCUT2D eigenvalue weighted by Crippen LogP contribution is 2.07. The molecule has 0 spiro atoms. The average molecular weight is 259 g/mol. The van der Waals surface area contributed by atoms with Crippen LogP contribution in [-0.4, -0.2) is 16.2 Å². The van der Waals surface area contributed by atoms with Crippen molar-refractivity contribution in [3.8, 4) is 0 Å². The van der Waals surface area contributed by atoms with Crippen molar-refractivity contribution < 1.29 is 0 Å². The molecule has 9 heavy (non-hydrogen) atoms. The maximum atomic E-state index is 5.11. The second-order valence-corrected chi connectivity index (χ2v) is 3.32. The van der Waals surface area contributed by atoms with Crippen LogP contribution in [0.4, 0.5) is 0 Å². The van der Waals surface area contributed by atoms with Gasteiger partial charge in [-0.1, -0.05) is 31.9 Å². The quantitative estimate of drug-likeness (QED) is 0.340. The third kappa shape index (κ3) is 6.11. The Hall–Kier alpha value is 0.230. The second kappa shape index (κ2) is 5.05. The molecule has 0 aliphatic heterocycles. The summed E-state index contributed by atoms with van der Waals surface area (Å²) < 4.78 is 0. The molecule has 0 radical (unpaired) electrons. The molecule has 0 aromatic heterocycles. The van der Waals surface area contributed by atoms with Crippen LogP contribution in [0.2, 0.25) is 0 Å². The van der Waals surface area contributed by atoms with Gasteiger partial charge in [-0.2, -0.15) is 0 Å². The van der Waals surface area contributed by atoms with Crippen LogP contribution in [0.25, 0.3) is 0 Å². The van der Waals surface area contributed by atoms with Gasteiger partial charge in [0.2, 0.25) is 0 Å². The van der Waals surface area contributed by atoms with Crippen LogP contribution in [-0.2, 0) is 0 Å². The van der Waals surface area contributed by atoms with Gasteiger partial charge < -0.3 is 11.5 Å². The van der Waals surface area contributed by atoms with E-state index in [1.54, 1.807) is 0 Å². The minimum absolute atomic E-state index is 0.0434. The number of rotatable bonds is 3. The van der Waals surface area contributed by atoms with Crippen LogP contribution in [0.15, 0.2) is 4.99 Å². The number of hydrogen-bond acceptors (Lipinski definition) is 1. The lowest BCUT2D eigenvalue weighted by atomic mass is 10.5. The van der Waals surface area contributed by atoms with E-state index in [0.717, 1.165) is 11.8 Å². The molecule has 0 aromatic rings. The molecule has 1 unspecified atom stereocenters. The fourth-order valence-electron chi connectivity index (χ4n) is 0.316. The molecule has 4 N–H and O–H groups in total. The number of alkyl halides is 2. The minimum Gasteiger partial charge on any atom is -0.370 e. The van der Waals surface area contributed by atoms with Gasteiger partial charge in [0.05, 0.1) is 0 Å². The Morgan fingerprint density at radius 3 is 2.44 bits per heavy atom. The minimum atomic E-state index is 0.0434. The molecule has 54 valence electrons. The molecule has 0 aliphatic carbocycles. The van der Waals surface area contributed by atoms with E-state index in [0.29, 0.717) is 0 Å². The SMILES string of the molecule is NC(N)=NC(Br)CCBr. The van der Waals surface area contributed by atoms with Gasteiger partial charge in [-0.05, 0) is 6.42 Å². The number of guanidine groups is 1. The largest absolute Gasteiger partial charge is 0.370 e. The molecule has 0 saturated heterocycles. The Kier molecular flexibility index (Phi) is 5.18. The van der Waals surface area contributed by atoms with Gasteiger partial charge >= 0.3 is 0 Å². The van der Waals surface area contributed by atoms with Gasteiger partial charge in [0, 0.05) is 5.33 Å². The number of nitrogens with zero attached hydrogens (tertiary/aromatic N) is 1. The normalized spacial score (nSPS) is 12.7. The number of halogens is 2. The molecule has 5 heteroatoms. The van der Waals surface area contributed by atoms with Gasteiger partial charge in [-0.25, -0.2) is 4.99 Å². The second-order valence-electron chi connectivity index (χ2n) is 1.47. The van der Waals surface area contributed by atoms with Crippen LogP contribution < -0.4 is 11.5 Å². The van der Waals surface area contributed by atoms with Crippen molar-refractivity contribution in [2.24, 2.45) is 16.5 Å². The monoisotopic (exact) mass is 257 g/mol. The van der Waals surface area contributed by atoms with Crippen molar-refractivity contribution >= 4 is 37.8 Å². The molecule has 0 rings (SSSR count). The first-order valence-electron chi connectivity index (χ1n) is 2.45. The summed E-state index contributed by atoms with van der Waals surface area (Å²) in [5.41, 5.74) is 10.2. The first-order chi connectivity index (χ1) is 4.16. The van der Waals surface area contributed by atoms with Crippen molar-refractivity contribution in [3.63, 3.8) is 0 Å². The highest BCUT2D eigenvalue weighted by atomic mass is 79.9. The molecule has 1 atom stereocenters. The Labute approximate surface area is 71.1 Å². The number of nitrogens with two attached hydrogens (primary N) is 2. The highest BCUT2D eigenvalue weighted by Gasteiger charge is 1.97. The third-order valence-electron chi connectivity index (χ3n) is 0.636. The smallest absolute Gasteiger partial charge is 0.187 e. The lowest BCUT2D eigenvalue weighted by molar-refractivity contribution is 0.895. The Bertz CT molecular complexity index is 100.0. The van der Waals surface area contributed by atoms with Crippen LogP contribution in [0.1, 0.15) is 6.42 Å². The first-order valence-corrected chi connectivity index (χ1v) is 4.49. The molecule has 0 aromatic carbocycles. The molecule has 0 saturated carbocycles. The fraction of sp³-hybridized carbons (Fsp3) is 0.750. The molecule has 0 heterocycles. The summed E-state index contributed by atoms with van der Waals surface area (Å²) in [6, 6.07) is 0. The summed E-state index contributed by atoms with van der Waals surface area (Å²) in [4.78, 5) is 3.87. The molecule has 0 aliphatic rings. The summed E-state index contributed by atoms with van der Waals surface area (Å²) in [6.07, 6.45) is 0.887. The van der Waals surface area contributed by atoms with Gasteiger partial charge in [-0.3, -0.25) is 0 Å². The third-order valence-corrected chi connectivity index (χ3v) is 1.76. The zero-order valence-electron chi connectivity index (χ0n) is 4.85. The van der Waals surface area contributed by atoms with E-state index >= 15 is 0 Å². The van der Waals surface area contributed by atoms with Gasteiger partial charge in [0.15, 0.2) is 5.96 Å². The first kappa shape index (κ1) is 9.23. The number of hydrogen-bond donors (Lipinski definition) is 2. The van der Waals surface area contributed by atoms with Crippen LogP contribution in [0.3, 0.4) is 0 Å². The van der Waals surface area contributed by atoms with E-state index in [-0.39, 0.29) is 10.9 Å². The summed E-state index contributed by atoms with van der Waals surface area (Å²) in [7, 11) is 0. The predicted octanol–water partition coefficient (Wildman–Crippen LogP) is 0.766.